The van der Waals surface area contributed by atoms with Crippen LogP contribution in [0.5, 0.6) is 0 Å². The zero-order valence-electron chi connectivity index (χ0n) is 8.64. The van der Waals surface area contributed by atoms with Crippen LogP contribution in [0.1, 0.15) is 30.1 Å². The highest BCUT2D eigenvalue weighted by atomic mass is 16.6. The van der Waals surface area contributed by atoms with Crippen LogP contribution in [0.2, 0.25) is 0 Å². The summed E-state index contributed by atoms with van der Waals surface area (Å²) in [5.41, 5.74) is 1.70. The Morgan fingerprint density at radius 3 is 2.80 bits per heavy atom. The van der Waals surface area contributed by atoms with Gasteiger partial charge in [0.1, 0.15) is 6.10 Å². The quantitative estimate of drug-likeness (QED) is 0.707. The van der Waals surface area contributed by atoms with Crippen LogP contribution >= 0.6 is 0 Å². The van der Waals surface area contributed by atoms with E-state index < -0.39 is 0 Å². The molecule has 78 valence electrons. The molecule has 0 saturated carbocycles. The van der Waals surface area contributed by atoms with Gasteiger partial charge in [-0.25, -0.2) is 0 Å². The van der Waals surface area contributed by atoms with Crippen molar-refractivity contribution < 1.29 is 9.63 Å². The molecule has 3 nitrogen and oxygen atoms in total. The molecule has 1 atom stereocenters. The van der Waals surface area contributed by atoms with Crippen LogP contribution < -0.4 is 0 Å². The van der Waals surface area contributed by atoms with Gasteiger partial charge in [0.15, 0.2) is 5.78 Å². The van der Waals surface area contributed by atoms with E-state index in [0.29, 0.717) is 6.42 Å². The molecule has 0 fully saturated rings. The third kappa shape index (κ3) is 2.43. The molecule has 15 heavy (non-hydrogen) atoms. The SMILES string of the molecule is CC1=NO[C@H](CC(=O)c2ccccc2)C1. The summed E-state index contributed by atoms with van der Waals surface area (Å²) in [5.74, 6) is 0.116. The number of hydrogen-bond acceptors (Lipinski definition) is 3. The van der Waals surface area contributed by atoms with Crippen molar-refractivity contribution in [1.82, 2.24) is 0 Å². The molecule has 3 heteroatoms. The molecule has 1 aromatic carbocycles. The van der Waals surface area contributed by atoms with Gasteiger partial charge >= 0.3 is 0 Å². The second-order valence-electron chi connectivity index (χ2n) is 3.75. The number of Topliss-reactive ketones (excluding diaryl/α,β-unsaturated/α-hetero) is 1. The molecule has 1 aliphatic rings. The Morgan fingerprint density at radius 1 is 1.47 bits per heavy atom. The lowest BCUT2D eigenvalue weighted by atomic mass is 10.0. The predicted octanol–water partition coefficient (Wildman–Crippen LogP) is 2.42. The number of oxime groups is 1. The van der Waals surface area contributed by atoms with Crippen LogP contribution in [0.15, 0.2) is 35.5 Å². The minimum absolute atomic E-state index is 0.0716. The lowest BCUT2D eigenvalue weighted by Crippen LogP contribution is -2.13. The topological polar surface area (TPSA) is 38.7 Å². The first-order chi connectivity index (χ1) is 7.25. The van der Waals surface area contributed by atoms with E-state index in [1.807, 2.05) is 37.3 Å². The molecule has 0 aromatic heterocycles. The summed E-state index contributed by atoms with van der Waals surface area (Å²) in [5, 5.41) is 3.83. The second kappa shape index (κ2) is 4.26. The normalized spacial score (nSPS) is 19.5. The Morgan fingerprint density at radius 2 is 2.20 bits per heavy atom. The van der Waals surface area contributed by atoms with E-state index in [1.54, 1.807) is 0 Å². The smallest absolute Gasteiger partial charge is 0.166 e. The predicted molar refractivity (Wildman–Crippen MR) is 58.0 cm³/mol. The fourth-order valence-corrected chi connectivity index (χ4v) is 1.63. The number of carbonyl (C=O) groups excluding carboxylic acids is 1. The van der Waals surface area contributed by atoms with E-state index in [2.05, 4.69) is 5.16 Å². The van der Waals surface area contributed by atoms with Crippen LogP contribution in [0, 0.1) is 0 Å². The number of nitrogens with zero attached hydrogens (tertiary/aromatic N) is 1. The number of benzene rings is 1. The van der Waals surface area contributed by atoms with E-state index in [1.165, 1.54) is 0 Å². The molecular formula is C12H13NO2. The molecule has 2 rings (SSSR count). The highest BCUT2D eigenvalue weighted by Gasteiger charge is 2.21. The molecule has 0 amide bonds. The van der Waals surface area contributed by atoms with Crippen molar-refractivity contribution in [2.45, 2.75) is 25.9 Å². The molecule has 0 aliphatic carbocycles. The molecule has 0 saturated heterocycles. The summed E-state index contributed by atoms with van der Waals surface area (Å²) < 4.78 is 0. The highest BCUT2D eigenvalue weighted by Crippen LogP contribution is 2.16. The molecule has 1 aromatic rings. The van der Waals surface area contributed by atoms with Crippen molar-refractivity contribution in [2.24, 2.45) is 5.16 Å². The van der Waals surface area contributed by atoms with Gasteiger partial charge in [-0.2, -0.15) is 0 Å². The van der Waals surface area contributed by atoms with Crippen molar-refractivity contribution in [1.29, 1.82) is 0 Å². The van der Waals surface area contributed by atoms with Gasteiger partial charge in [-0.05, 0) is 6.92 Å². The number of rotatable bonds is 3. The molecule has 0 radical (unpaired) electrons. The Hall–Kier alpha value is -1.64. The summed E-state index contributed by atoms with van der Waals surface area (Å²) >= 11 is 0. The average Bonchev–Trinajstić information content (AvgIpc) is 2.65. The first-order valence-electron chi connectivity index (χ1n) is 5.03. The van der Waals surface area contributed by atoms with Crippen LogP contribution in [-0.2, 0) is 4.84 Å². The van der Waals surface area contributed by atoms with Crippen LogP contribution in [0.3, 0.4) is 0 Å². The van der Waals surface area contributed by atoms with Gasteiger partial charge in [0.2, 0.25) is 0 Å². The van der Waals surface area contributed by atoms with Gasteiger partial charge in [0.05, 0.1) is 12.1 Å². The minimum atomic E-state index is -0.0716. The van der Waals surface area contributed by atoms with E-state index in [0.717, 1.165) is 17.7 Å². The maximum Gasteiger partial charge on any atom is 0.166 e. The molecule has 0 N–H and O–H groups in total. The maximum absolute atomic E-state index is 11.8. The Balaban J connectivity index is 1.94. The van der Waals surface area contributed by atoms with Gasteiger partial charge < -0.3 is 4.84 Å². The van der Waals surface area contributed by atoms with Gasteiger partial charge in [0.25, 0.3) is 0 Å². The van der Waals surface area contributed by atoms with Crippen molar-refractivity contribution in [3.05, 3.63) is 35.9 Å². The summed E-state index contributed by atoms with van der Waals surface area (Å²) in [6.07, 6.45) is 1.10. The first kappa shape index (κ1) is 9.90. The molecule has 0 spiro atoms. The molecule has 1 heterocycles. The van der Waals surface area contributed by atoms with Crippen LogP contribution in [0.25, 0.3) is 0 Å². The summed E-state index contributed by atoms with van der Waals surface area (Å²) in [4.78, 5) is 16.9. The summed E-state index contributed by atoms with van der Waals surface area (Å²) in [7, 11) is 0. The molecule has 0 bridgehead atoms. The van der Waals surface area contributed by atoms with Crippen molar-refractivity contribution in [2.75, 3.05) is 0 Å². The van der Waals surface area contributed by atoms with Crippen molar-refractivity contribution >= 4 is 11.5 Å². The summed E-state index contributed by atoms with van der Waals surface area (Å²) in [6, 6.07) is 9.28. The zero-order valence-corrected chi connectivity index (χ0v) is 8.64. The fraction of sp³-hybridized carbons (Fsp3) is 0.333. The standard InChI is InChI=1S/C12H13NO2/c1-9-7-11(15-13-9)8-12(14)10-5-3-2-4-6-10/h2-6,11H,7-8H2,1H3/t11-/m0/s1. The van der Waals surface area contributed by atoms with Crippen LogP contribution in [0.4, 0.5) is 0 Å². The Labute approximate surface area is 88.7 Å². The minimum Gasteiger partial charge on any atom is -0.392 e. The van der Waals surface area contributed by atoms with Gasteiger partial charge in [-0.3, -0.25) is 4.79 Å². The Kier molecular flexibility index (Phi) is 2.81. The maximum atomic E-state index is 11.8. The first-order valence-corrected chi connectivity index (χ1v) is 5.03. The molecule has 1 aliphatic heterocycles. The third-order valence-corrected chi connectivity index (χ3v) is 2.39. The lowest BCUT2D eigenvalue weighted by Gasteiger charge is -2.06. The van der Waals surface area contributed by atoms with E-state index >= 15 is 0 Å². The van der Waals surface area contributed by atoms with E-state index in [9.17, 15) is 4.79 Å². The average molecular weight is 203 g/mol. The largest absolute Gasteiger partial charge is 0.392 e. The Bertz CT molecular complexity index is 384. The van der Waals surface area contributed by atoms with Crippen molar-refractivity contribution in [3.8, 4) is 0 Å². The third-order valence-electron chi connectivity index (χ3n) is 2.39. The van der Waals surface area contributed by atoms with Gasteiger partial charge in [-0.1, -0.05) is 35.5 Å². The van der Waals surface area contributed by atoms with Crippen molar-refractivity contribution in [3.63, 3.8) is 0 Å². The number of carbonyl (C=O) groups is 1. The second-order valence-corrected chi connectivity index (χ2v) is 3.75. The number of ketones is 1. The van der Waals surface area contributed by atoms with E-state index in [4.69, 9.17) is 4.84 Å². The van der Waals surface area contributed by atoms with Gasteiger partial charge in [0, 0.05) is 12.0 Å². The van der Waals surface area contributed by atoms with Gasteiger partial charge in [-0.15, -0.1) is 0 Å². The molecular weight excluding hydrogens is 190 g/mol. The monoisotopic (exact) mass is 203 g/mol. The zero-order chi connectivity index (χ0) is 10.7. The highest BCUT2D eigenvalue weighted by molar-refractivity contribution is 5.96. The lowest BCUT2D eigenvalue weighted by molar-refractivity contribution is 0.0659. The van der Waals surface area contributed by atoms with E-state index in [-0.39, 0.29) is 11.9 Å². The molecule has 0 unspecified atom stereocenters. The van der Waals surface area contributed by atoms with Crippen LogP contribution in [-0.4, -0.2) is 17.6 Å². The summed E-state index contributed by atoms with van der Waals surface area (Å²) in [6.45, 7) is 1.91. The number of hydrogen-bond donors (Lipinski definition) is 0. The fourth-order valence-electron chi connectivity index (χ4n) is 1.63.